The fourth-order valence-corrected chi connectivity index (χ4v) is 1.98. The number of aliphatic hydroxyl groups is 1. The van der Waals surface area contributed by atoms with Crippen molar-refractivity contribution in [3.63, 3.8) is 0 Å². The molecule has 1 heterocycles. The van der Waals surface area contributed by atoms with Crippen LogP contribution < -0.4 is 26.1 Å². The molecule has 1 aromatic carbocycles. The van der Waals surface area contributed by atoms with Crippen LogP contribution in [-0.2, 0) is 0 Å². The smallest absolute Gasteiger partial charge is 0.233 e. The molecule has 9 heteroatoms. The molecule has 2 aromatic rings. The second-order valence-electron chi connectivity index (χ2n) is 6.35. The van der Waals surface area contributed by atoms with Gasteiger partial charge in [0.2, 0.25) is 5.88 Å². The number of para-hydroxylation sites is 1. The molecule has 0 bridgehead atoms. The van der Waals surface area contributed by atoms with Gasteiger partial charge in [0.05, 0.1) is 0 Å². The zero-order valence-corrected chi connectivity index (χ0v) is 14.8. The molecule has 0 aliphatic rings. The Labute approximate surface area is 151 Å². The van der Waals surface area contributed by atoms with Crippen molar-refractivity contribution < 1.29 is 19.0 Å². The van der Waals surface area contributed by atoms with Gasteiger partial charge in [0.15, 0.2) is 17.4 Å². The number of aliphatic hydroxyl groups excluding tert-OH is 1. The summed E-state index contributed by atoms with van der Waals surface area (Å²) in [7, 11) is 0. The Morgan fingerprint density at radius 3 is 2.62 bits per heavy atom. The molecule has 1 unspecified atom stereocenters. The number of rotatable bonds is 10. The first kappa shape index (κ1) is 19.8. The molecule has 0 radical (unpaired) electrons. The fraction of sp³-hybridized carbons (Fsp3) is 0.412. The lowest BCUT2D eigenvalue weighted by Crippen LogP contribution is -2.48. The number of anilines is 1. The van der Waals surface area contributed by atoms with Crippen LogP contribution in [-0.4, -0.2) is 46.7 Å². The number of halogens is 1. The van der Waals surface area contributed by atoms with Crippen LogP contribution >= 0.6 is 0 Å². The van der Waals surface area contributed by atoms with Crippen LogP contribution in [0.3, 0.4) is 0 Å². The van der Waals surface area contributed by atoms with Gasteiger partial charge in [-0.05, 0) is 32.0 Å². The fourth-order valence-electron chi connectivity index (χ4n) is 1.98. The van der Waals surface area contributed by atoms with Gasteiger partial charge in [-0.2, -0.15) is 0 Å². The Morgan fingerprint density at radius 1 is 1.19 bits per heavy atom. The molecule has 0 saturated carbocycles. The van der Waals surface area contributed by atoms with Crippen molar-refractivity contribution in [2.45, 2.75) is 25.5 Å². The third-order valence-electron chi connectivity index (χ3n) is 3.45. The van der Waals surface area contributed by atoms with Crippen molar-refractivity contribution in [2.24, 2.45) is 5.84 Å². The molecular weight excluding hydrogens is 341 g/mol. The average Bonchev–Trinajstić information content (AvgIpc) is 2.65. The number of β-amino-alcohol motifs (C(OH)–C–C–N with tert-alkyl or cyclic N) is 1. The molecule has 0 fully saturated rings. The number of nitrogens with one attached hydrogen (secondary N) is 2. The Balaban J connectivity index is 1.72. The average molecular weight is 365 g/mol. The third-order valence-corrected chi connectivity index (χ3v) is 3.45. The van der Waals surface area contributed by atoms with E-state index < -0.39 is 17.5 Å². The highest BCUT2D eigenvalue weighted by Gasteiger charge is 2.20. The zero-order valence-electron chi connectivity index (χ0n) is 14.8. The van der Waals surface area contributed by atoms with E-state index in [-0.39, 0.29) is 18.9 Å². The van der Waals surface area contributed by atoms with Crippen LogP contribution in [0.1, 0.15) is 13.8 Å². The summed E-state index contributed by atoms with van der Waals surface area (Å²) in [6, 6.07) is 9.36. The van der Waals surface area contributed by atoms with Crippen molar-refractivity contribution in [1.82, 2.24) is 15.5 Å². The molecule has 1 aromatic heterocycles. The van der Waals surface area contributed by atoms with E-state index in [2.05, 4.69) is 20.9 Å². The van der Waals surface area contributed by atoms with Crippen LogP contribution in [0.4, 0.5) is 10.2 Å². The predicted octanol–water partition coefficient (Wildman–Crippen LogP) is 1.09. The summed E-state index contributed by atoms with van der Waals surface area (Å²) in [5.74, 6) is 5.68. The largest absolute Gasteiger partial charge is 0.488 e. The van der Waals surface area contributed by atoms with E-state index in [0.29, 0.717) is 18.3 Å². The number of hydrazine groups is 1. The van der Waals surface area contributed by atoms with E-state index in [0.717, 1.165) is 0 Å². The van der Waals surface area contributed by atoms with E-state index in [1.807, 2.05) is 13.8 Å². The number of hydrogen-bond donors (Lipinski definition) is 4. The first-order chi connectivity index (χ1) is 12.4. The number of benzene rings is 1. The molecule has 1 atom stereocenters. The van der Waals surface area contributed by atoms with Gasteiger partial charge in [-0.3, -0.25) is 0 Å². The van der Waals surface area contributed by atoms with Gasteiger partial charge in [-0.25, -0.2) is 10.2 Å². The summed E-state index contributed by atoms with van der Waals surface area (Å²) in [5.41, 5.74) is 1.94. The molecule has 26 heavy (non-hydrogen) atoms. The van der Waals surface area contributed by atoms with Crippen molar-refractivity contribution in [3.8, 4) is 11.6 Å². The molecule has 0 spiro atoms. The summed E-state index contributed by atoms with van der Waals surface area (Å²) in [4.78, 5) is 0. The molecule has 142 valence electrons. The van der Waals surface area contributed by atoms with Crippen LogP contribution in [0.15, 0.2) is 36.4 Å². The number of nitrogen functional groups attached to an aromatic ring is 1. The second-order valence-corrected chi connectivity index (χ2v) is 6.35. The SMILES string of the molecule is CC(C)(COc1ccc(NN)nn1)NCC(O)COc1ccccc1F. The minimum atomic E-state index is -0.802. The van der Waals surface area contributed by atoms with Gasteiger partial charge in [-0.15, -0.1) is 10.2 Å². The molecule has 8 nitrogen and oxygen atoms in total. The Kier molecular flexibility index (Phi) is 7.07. The highest BCUT2D eigenvalue weighted by molar-refractivity contribution is 5.32. The normalized spacial score (nSPS) is 12.5. The molecule has 0 saturated heterocycles. The van der Waals surface area contributed by atoms with E-state index >= 15 is 0 Å². The van der Waals surface area contributed by atoms with Gasteiger partial charge in [0.1, 0.15) is 19.3 Å². The maximum absolute atomic E-state index is 13.5. The molecular formula is C17H24FN5O3. The molecule has 5 N–H and O–H groups in total. The highest BCUT2D eigenvalue weighted by Crippen LogP contribution is 2.15. The summed E-state index contributed by atoms with van der Waals surface area (Å²) >= 11 is 0. The topological polar surface area (TPSA) is 115 Å². The van der Waals surface area contributed by atoms with Gasteiger partial charge >= 0.3 is 0 Å². The van der Waals surface area contributed by atoms with Gasteiger partial charge in [0.25, 0.3) is 0 Å². The quantitative estimate of drug-likeness (QED) is 0.365. The first-order valence-corrected chi connectivity index (χ1v) is 8.13. The summed E-state index contributed by atoms with van der Waals surface area (Å²) < 4.78 is 24.3. The maximum atomic E-state index is 13.5. The van der Waals surface area contributed by atoms with E-state index in [4.69, 9.17) is 15.3 Å². The highest BCUT2D eigenvalue weighted by atomic mass is 19.1. The summed E-state index contributed by atoms with van der Waals surface area (Å²) in [6.07, 6.45) is -0.802. The lowest BCUT2D eigenvalue weighted by molar-refractivity contribution is 0.0905. The predicted molar refractivity (Wildman–Crippen MR) is 95.3 cm³/mol. The minimum Gasteiger partial charge on any atom is -0.488 e. The molecule has 0 aliphatic heterocycles. The van der Waals surface area contributed by atoms with E-state index in [1.165, 1.54) is 12.1 Å². The van der Waals surface area contributed by atoms with E-state index in [9.17, 15) is 9.50 Å². The van der Waals surface area contributed by atoms with Crippen molar-refractivity contribution >= 4 is 5.82 Å². The van der Waals surface area contributed by atoms with Crippen molar-refractivity contribution in [2.75, 3.05) is 25.2 Å². The first-order valence-electron chi connectivity index (χ1n) is 8.13. The second kappa shape index (κ2) is 9.27. The summed E-state index contributed by atoms with van der Waals surface area (Å²) in [5, 5.41) is 20.9. The zero-order chi connectivity index (χ0) is 19.0. The lowest BCUT2D eigenvalue weighted by Gasteiger charge is -2.27. The van der Waals surface area contributed by atoms with Crippen LogP contribution in [0.5, 0.6) is 11.6 Å². The standard InChI is InChI=1S/C17H24FN5O3/c1-17(2,11-26-16-8-7-15(21-19)22-23-16)20-9-12(24)10-25-14-6-4-3-5-13(14)18/h3-8,12,20,24H,9-11,19H2,1-2H3,(H,21,22). The maximum Gasteiger partial charge on any atom is 0.233 e. The Bertz CT molecular complexity index is 684. The number of ether oxygens (including phenoxy) is 2. The Hall–Kier alpha value is -2.49. The van der Waals surface area contributed by atoms with Crippen LogP contribution in [0, 0.1) is 5.82 Å². The molecule has 2 rings (SSSR count). The number of aromatic nitrogens is 2. The van der Waals surface area contributed by atoms with Gasteiger partial charge < -0.3 is 25.3 Å². The van der Waals surface area contributed by atoms with Crippen LogP contribution in [0.25, 0.3) is 0 Å². The number of nitrogens with two attached hydrogens (primary N) is 1. The van der Waals surface area contributed by atoms with Crippen LogP contribution in [0.2, 0.25) is 0 Å². The monoisotopic (exact) mass is 365 g/mol. The Morgan fingerprint density at radius 2 is 1.96 bits per heavy atom. The van der Waals surface area contributed by atoms with E-state index in [1.54, 1.807) is 24.3 Å². The molecule has 0 amide bonds. The van der Waals surface area contributed by atoms with Crippen molar-refractivity contribution in [3.05, 3.63) is 42.2 Å². The summed E-state index contributed by atoms with van der Waals surface area (Å²) in [6.45, 7) is 4.37. The number of nitrogens with zero attached hydrogens (tertiary/aromatic N) is 2. The third kappa shape index (κ3) is 6.43. The lowest BCUT2D eigenvalue weighted by atomic mass is 10.1. The number of hydrogen-bond acceptors (Lipinski definition) is 8. The van der Waals surface area contributed by atoms with Gasteiger partial charge in [-0.1, -0.05) is 12.1 Å². The minimum absolute atomic E-state index is 0.0239. The molecule has 0 aliphatic carbocycles. The van der Waals surface area contributed by atoms with Gasteiger partial charge in [0, 0.05) is 18.2 Å². The van der Waals surface area contributed by atoms with Crippen molar-refractivity contribution in [1.29, 1.82) is 0 Å².